The first kappa shape index (κ1) is 4.60. The van der Waals surface area contributed by atoms with Crippen LogP contribution in [0.2, 0.25) is 0 Å². The molecule has 0 aromatic carbocycles. The van der Waals surface area contributed by atoms with Crippen molar-refractivity contribution in [2.24, 2.45) is 17.3 Å². The zero-order chi connectivity index (χ0) is 5.78. The molecule has 8 heavy (non-hydrogen) atoms. The normalized spacial score (nSPS) is 58.6. The van der Waals surface area contributed by atoms with Crippen LogP contribution >= 0.6 is 0 Å². The molecule has 2 rings (SSSR count). The van der Waals surface area contributed by atoms with Crippen molar-refractivity contribution in [3.63, 3.8) is 0 Å². The third kappa shape index (κ3) is 0.331. The molecule has 0 spiro atoms. The summed E-state index contributed by atoms with van der Waals surface area (Å²) >= 11 is 0. The number of rotatable bonds is 1. The van der Waals surface area contributed by atoms with Gasteiger partial charge < -0.3 is 0 Å². The Morgan fingerprint density at radius 3 is 2.62 bits per heavy atom. The topological polar surface area (TPSA) is 0 Å². The second-order valence-electron chi connectivity index (χ2n) is 3.52. The van der Waals surface area contributed by atoms with Crippen LogP contribution in [0, 0.1) is 17.3 Å². The molecule has 2 aliphatic rings. The standard InChI is InChI=1S/C8H12/c1-3-8(2)5-6-4-7(6)8/h3,6-7H,1,4-5H2,2H3. The lowest BCUT2D eigenvalue weighted by Crippen LogP contribution is -2.26. The van der Waals surface area contributed by atoms with E-state index in [9.17, 15) is 0 Å². The van der Waals surface area contributed by atoms with E-state index in [1.54, 1.807) is 0 Å². The molecule has 0 aromatic rings. The molecule has 0 radical (unpaired) electrons. The van der Waals surface area contributed by atoms with Crippen molar-refractivity contribution in [2.45, 2.75) is 19.8 Å². The highest BCUT2D eigenvalue weighted by Crippen LogP contribution is 2.67. The van der Waals surface area contributed by atoms with Crippen molar-refractivity contribution in [1.82, 2.24) is 0 Å². The van der Waals surface area contributed by atoms with Crippen molar-refractivity contribution < 1.29 is 0 Å². The van der Waals surface area contributed by atoms with Crippen molar-refractivity contribution in [3.8, 4) is 0 Å². The zero-order valence-corrected chi connectivity index (χ0v) is 5.35. The second kappa shape index (κ2) is 1.02. The quantitative estimate of drug-likeness (QED) is 0.452. The highest BCUT2D eigenvalue weighted by atomic mass is 14.6. The van der Waals surface area contributed by atoms with Crippen LogP contribution in [0.15, 0.2) is 12.7 Å². The molecule has 0 N–H and O–H groups in total. The van der Waals surface area contributed by atoms with Crippen LogP contribution in [0.25, 0.3) is 0 Å². The van der Waals surface area contributed by atoms with E-state index in [-0.39, 0.29) is 0 Å². The van der Waals surface area contributed by atoms with Crippen molar-refractivity contribution in [1.29, 1.82) is 0 Å². The van der Waals surface area contributed by atoms with Gasteiger partial charge in [-0.15, -0.1) is 6.58 Å². The lowest BCUT2D eigenvalue weighted by atomic mass is 9.71. The molecule has 0 heterocycles. The van der Waals surface area contributed by atoms with Crippen LogP contribution in [-0.2, 0) is 0 Å². The average molecular weight is 108 g/mol. The number of fused-ring (bicyclic) bond motifs is 1. The maximum atomic E-state index is 3.83. The van der Waals surface area contributed by atoms with Gasteiger partial charge in [0.2, 0.25) is 0 Å². The Bertz CT molecular complexity index is 137. The van der Waals surface area contributed by atoms with Gasteiger partial charge in [-0.05, 0) is 30.1 Å². The Morgan fingerprint density at radius 1 is 1.75 bits per heavy atom. The smallest absolute Gasteiger partial charge is 0.0115 e. The second-order valence-corrected chi connectivity index (χ2v) is 3.52. The summed E-state index contributed by atoms with van der Waals surface area (Å²) in [5, 5.41) is 0. The maximum absolute atomic E-state index is 3.83. The fourth-order valence-electron chi connectivity index (χ4n) is 2.07. The summed E-state index contributed by atoms with van der Waals surface area (Å²) in [7, 11) is 0. The highest BCUT2D eigenvalue weighted by molar-refractivity contribution is 5.16. The van der Waals surface area contributed by atoms with Crippen LogP contribution in [0.4, 0.5) is 0 Å². The Kier molecular flexibility index (Phi) is 0.588. The number of hydrogen-bond donors (Lipinski definition) is 0. The van der Waals surface area contributed by atoms with Gasteiger partial charge in [0.25, 0.3) is 0 Å². The Hall–Kier alpha value is -0.260. The molecule has 2 saturated carbocycles. The minimum atomic E-state index is 0.560. The van der Waals surface area contributed by atoms with Gasteiger partial charge in [-0.1, -0.05) is 13.0 Å². The average Bonchev–Trinajstić information content (AvgIpc) is 2.40. The minimum Gasteiger partial charge on any atom is -0.103 e. The summed E-state index contributed by atoms with van der Waals surface area (Å²) in [6, 6.07) is 0. The first-order valence-corrected chi connectivity index (χ1v) is 3.40. The van der Waals surface area contributed by atoms with E-state index in [4.69, 9.17) is 0 Å². The molecule has 2 fully saturated rings. The number of allylic oxidation sites excluding steroid dienone is 1. The molecular formula is C8H12. The van der Waals surface area contributed by atoms with E-state index < -0.39 is 0 Å². The SMILES string of the molecule is C=CC1(C)CC2CC21. The van der Waals surface area contributed by atoms with E-state index >= 15 is 0 Å². The monoisotopic (exact) mass is 108 g/mol. The summed E-state index contributed by atoms with van der Waals surface area (Å²) in [5.41, 5.74) is 0.560. The van der Waals surface area contributed by atoms with Gasteiger partial charge in [0.15, 0.2) is 0 Å². The van der Waals surface area contributed by atoms with Crippen LogP contribution in [0.5, 0.6) is 0 Å². The lowest BCUT2D eigenvalue weighted by molar-refractivity contribution is 0.209. The largest absolute Gasteiger partial charge is 0.103 e. The van der Waals surface area contributed by atoms with Gasteiger partial charge in [0.1, 0.15) is 0 Å². The van der Waals surface area contributed by atoms with Gasteiger partial charge in [-0.2, -0.15) is 0 Å². The van der Waals surface area contributed by atoms with Gasteiger partial charge in [-0.3, -0.25) is 0 Å². The Balaban J connectivity index is 2.16. The summed E-state index contributed by atoms with van der Waals surface area (Å²) in [5.74, 6) is 2.15. The molecule has 0 bridgehead atoms. The molecule has 3 unspecified atom stereocenters. The van der Waals surface area contributed by atoms with Gasteiger partial charge in [0, 0.05) is 0 Å². The molecule has 0 amide bonds. The molecule has 0 nitrogen and oxygen atoms in total. The maximum Gasteiger partial charge on any atom is -0.0115 e. The molecule has 44 valence electrons. The van der Waals surface area contributed by atoms with Crippen molar-refractivity contribution >= 4 is 0 Å². The first-order valence-electron chi connectivity index (χ1n) is 3.40. The predicted octanol–water partition coefficient (Wildman–Crippen LogP) is 2.22. The Morgan fingerprint density at radius 2 is 2.50 bits per heavy atom. The van der Waals surface area contributed by atoms with Crippen LogP contribution in [0.1, 0.15) is 19.8 Å². The van der Waals surface area contributed by atoms with Gasteiger partial charge in [-0.25, -0.2) is 0 Å². The van der Waals surface area contributed by atoms with Crippen LogP contribution < -0.4 is 0 Å². The highest BCUT2D eigenvalue weighted by Gasteiger charge is 2.59. The molecular weight excluding hydrogens is 96.1 g/mol. The third-order valence-corrected chi connectivity index (χ3v) is 2.94. The zero-order valence-electron chi connectivity index (χ0n) is 5.35. The van der Waals surface area contributed by atoms with E-state index in [1.165, 1.54) is 12.8 Å². The fraction of sp³-hybridized carbons (Fsp3) is 0.750. The molecule has 0 aliphatic heterocycles. The minimum absolute atomic E-state index is 0.560. The number of hydrogen-bond acceptors (Lipinski definition) is 0. The van der Waals surface area contributed by atoms with E-state index in [1.807, 2.05) is 0 Å². The summed E-state index contributed by atoms with van der Waals surface area (Å²) in [6.45, 7) is 6.16. The summed E-state index contributed by atoms with van der Waals surface area (Å²) in [4.78, 5) is 0. The van der Waals surface area contributed by atoms with E-state index in [2.05, 4.69) is 19.6 Å². The first-order chi connectivity index (χ1) is 3.76. The third-order valence-electron chi connectivity index (χ3n) is 2.94. The Labute approximate surface area is 50.6 Å². The van der Waals surface area contributed by atoms with Gasteiger partial charge in [0.05, 0.1) is 0 Å². The predicted molar refractivity (Wildman–Crippen MR) is 34.5 cm³/mol. The molecule has 0 aromatic heterocycles. The van der Waals surface area contributed by atoms with Gasteiger partial charge >= 0.3 is 0 Å². The summed E-state index contributed by atoms with van der Waals surface area (Å²) < 4.78 is 0. The fourth-order valence-corrected chi connectivity index (χ4v) is 2.07. The van der Waals surface area contributed by atoms with Crippen molar-refractivity contribution in [3.05, 3.63) is 12.7 Å². The van der Waals surface area contributed by atoms with Crippen LogP contribution in [-0.4, -0.2) is 0 Å². The van der Waals surface area contributed by atoms with Crippen LogP contribution in [0.3, 0.4) is 0 Å². The molecule has 0 heteroatoms. The molecule has 2 aliphatic carbocycles. The van der Waals surface area contributed by atoms with E-state index in [0.29, 0.717) is 5.41 Å². The van der Waals surface area contributed by atoms with Crippen molar-refractivity contribution in [2.75, 3.05) is 0 Å². The molecule has 0 saturated heterocycles. The van der Waals surface area contributed by atoms with E-state index in [0.717, 1.165) is 11.8 Å². The molecule has 3 atom stereocenters. The lowest BCUT2D eigenvalue weighted by Gasteiger charge is -2.34. The summed E-state index contributed by atoms with van der Waals surface area (Å²) in [6.07, 6.45) is 5.05.